The molecule has 1 amide bonds. The Morgan fingerprint density at radius 2 is 2.23 bits per heavy atom. The maximum atomic E-state index is 12.3. The summed E-state index contributed by atoms with van der Waals surface area (Å²) in [5.74, 6) is -0.683. The van der Waals surface area contributed by atoms with E-state index in [0.29, 0.717) is 17.2 Å². The van der Waals surface area contributed by atoms with E-state index in [1.54, 1.807) is 6.92 Å². The highest BCUT2D eigenvalue weighted by molar-refractivity contribution is 7.17. The summed E-state index contributed by atoms with van der Waals surface area (Å²) in [7, 11) is 0. The van der Waals surface area contributed by atoms with Crippen molar-refractivity contribution in [2.75, 3.05) is 11.9 Å². The standard InChI is InChI=1S/C15H16N2O4S/c1-2-20-15(19)12-9-5-3-4-6-11(9)22-14(12)17-13(18)10-7-8-16-21-10/h7-8H,2-6H2,1H3,(H,17,18). The number of ether oxygens (including phenoxy) is 1. The van der Waals surface area contributed by atoms with Gasteiger partial charge in [0.1, 0.15) is 5.00 Å². The third kappa shape index (κ3) is 2.76. The molecule has 0 unspecified atom stereocenters. The third-order valence-corrected chi connectivity index (χ3v) is 4.75. The number of esters is 1. The molecule has 1 aliphatic rings. The van der Waals surface area contributed by atoms with Crippen molar-refractivity contribution in [2.45, 2.75) is 32.6 Å². The molecule has 2 aromatic heterocycles. The van der Waals surface area contributed by atoms with Gasteiger partial charge in [-0.05, 0) is 38.2 Å². The molecule has 6 nitrogen and oxygen atoms in total. The minimum absolute atomic E-state index is 0.112. The number of aryl methyl sites for hydroxylation is 1. The Bertz CT molecular complexity index is 691. The molecule has 0 aliphatic heterocycles. The minimum Gasteiger partial charge on any atom is -0.462 e. The molecule has 0 saturated heterocycles. The maximum absolute atomic E-state index is 12.3. The van der Waals surface area contributed by atoms with Gasteiger partial charge in [-0.2, -0.15) is 0 Å². The van der Waals surface area contributed by atoms with Crippen LogP contribution < -0.4 is 5.32 Å². The van der Waals surface area contributed by atoms with Crippen molar-refractivity contribution < 1.29 is 18.8 Å². The van der Waals surface area contributed by atoms with Gasteiger partial charge in [0.25, 0.3) is 5.91 Å². The summed E-state index contributed by atoms with van der Waals surface area (Å²) in [4.78, 5) is 25.5. The zero-order valence-electron chi connectivity index (χ0n) is 12.2. The highest BCUT2D eigenvalue weighted by Crippen LogP contribution is 2.38. The van der Waals surface area contributed by atoms with Crippen molar-refractivity contribution in [3.63, 3.8) is 0 Å². The second kappa shape index (κ2) is 6.31. The third-order valence-electron chi connectivity index (χ3n) is 3.54. The molecule has 0 fully saturated rings. The Hall–Kier alpha value is -2.15. The van der Waals surface area contributed by atoms with Gasteiger partial charge in [-0.15, -0.1) is 11.3 Å². The number of amides is 1. The van der Waals surface area contributed by atoms with E-state index in [2.05, 4.69) is 10.5 Å². The number of aromatic nitrogens is 1. The molecule has 1 aliphatic carbocycles. The molecular weight excluding hydrogens is 304 g/mol. The highest BCUT2D eigenvalue weighted by Gasteiger charge is 2.27. The minimum atomic E-state index is -0.415. The van der Waals surface area contributed by atoms with Gasteiger partial charge in [-0.3, -0.25) is 4.79 Å². The molecule has 2 heterocycles. The summed E-state index contributed by atoms with van der Waals surface area (Å²) in [6.45, 7) is 2.07. The molecule has 7 heteroatoms. The number of fused-ring (bicyclic) bond motifs is 1. The van der Waals surface area contributed by atoms with Crippen LogP contribution in [0.1, 0.15) is 51.1 Å². The fraction of sp³-hybridized carbons (Fsp3) is 0.400. The van der Waals surface area contributed by atoms with Crippen molar-refractivity contribution in [3.05, 3.63) is 34.0 Å². The monoisotopic (exact) mass is 320 g/mol. The van der Waals surface area contributed by atoms with Crippen LogP contribution in [0, 0.1) is 0 Å². The number of carbonyl (C=O) groups is 2. The van der Waals surface area contributed by atoms with Crippen LogP contribution in [0.4, 0.5) is 5.00 Å². The first-order valence-electron chi connectivity index (χ1n) is 7.24. The van der Waals surface area contributed by atoms with Crippen LogP contribution in [0.2, 0.25) is 0 Å². The molecule has 0 aromatic carbocycles. The molecule has 0 spiro atoms. The van der Waals surface area contributed by atoms with Gasteiger partial charge in [0.15, 0.2) is 0 Å². The van der Waals surface area contributed by atoms with Crippen molar-refractivity contribution in [1.82, 2.24) is 5.16 Å². The average molecular weight is 320 g/mol. The van der Waals surface area contributed by atoms with E-state index in [9.17, 15) is 9.59 Å². The van der Waals surface area contributed by atoms with Gasteiger partial charge in [-0.1, -0.05) is 5.16 Å². The van der Waals surface area contributed by atoms with Gasteiger partial charge in [0.2, 0.25) is 5.76 Å². The SMILES string of the molecule is CCOC(=O)c1c(NC(=O)c2ccno2)sc2c1CCCC2. The quantitative estimate of drug-likeness (QED) is 0.876. The first-order chi connectivity index (χ1) is 10.7. The summed E-state index contributed by atoms with van der Waals surface area (Å²) in [5.41, 5.74) is 1.51. The summed E-state index contributed by atoms with van der Waals surface area (Å²) in [5, 5.41) is 6.80. The van der Waals surface area contributed by atoms with Gasteiger partial charge in [-0.25, -0.2) is 4.79 Å². The van der Waals surface area contributed by atoms with Crippen LogP contribution in [0.5, 0.6) is 0 Å². The van der Waals surface area contributed by atoms with E-state index < -0.39 is 5.91 Å². The molecule has 0 radical (unpaired) electrons. The zero-order valence-corrected chi connectivity index (χ0v) is 13.0. The lowest BCUT2D eigenvalue weighted by Gasteiger charge is -2.12. The second-order valence-electron chi connectivity index (χ2n) is 4.97. The Kier molecular flexibility index (Phi) is 4.24. The van der Waals surface area contributed by atoms with Crippen LogP contribution in [-0.4, -0.2) is 23.6 Å². The largest absolute Gasteiger partial charge is 0.462 e. The lowest BCUT2D eigenvalue weighted by molar-refractivity contribution is 0.0526. The van der Waals surface area contributed by atoms with E-state index >= 15 is 0 Å². The fourth-order valence-corrected chi connectivity index (χ4v) is 3.84. The zero-order chi connectivity index (χ0) is 15.5. The van der Waals surface area contributed by atoms with Crippen molar-refractivity contribution >= 4 is 28.2 Å². The van der Waals surface area contributed by atoms with E-state index in [1.807, 2.05) is 0 Å². The number of carbonyl (C=O) groups excluding carboxylic acids is 2. The van der Waals surface area contributed by atoms with Crippen LogP contribution in [-0.2, 0) is 17.6 Å². The Morgan fingerprint density at radius 3 is 2.95 bits per heavy atom. The van der Waals surface area contributed by atoms with Crippen molar-refractivity contribution in [3.8, 4) is 0 Å². The summed E-state index contributed by atoms with van der Waals surface area (Å²) in [6, 6.07) is 1.48. The first-order valence-corrected chi connectivity index (χ1v) is 8.06. The summed E-state index contributed by atoms with van der Waals surface area (Å²) >= 11 is 1.45. The molecule has 3 rings (SSSR count). The predicted octanol–water partition coefficient (Wildman–Crippen LogP) is 3.04. The normalized spacial score (nSPS) is 13.5. The Morgan fingerprint density at radius 1 is 1.41 bits per heavy atom. The van der Waals surface area contributed by atoms with Crippen molar-refractivity contribution in [2.24, 2.45) is 0 Å². The Balaban J connectivity index is 1.94. The molecule has 1 N–H and O–H groups in total. The fourth-order valence-electron chi connectivity index (χ4n) is 2.57. The van der Waals surface area contributed by atoms with E-state index in [-0.39, 0.29) is 11.7 Å². The topological polar surface area (TPSA) is 81.4 Å². The molecule has 0 bridgehead atoms. The Labute approximate surface area is 131 Å². The van der Waals surface area contributed by atoms with E-state index in [1.165, 1.54) is 23.6 Å². The summed E-state index contributed by atoms with van der Waals surface area (Å²) in [6.07, 6.45) is 5.33. The number of thiophene rings is 1. The van der Waals surface area contributed by atoms with E-state index in [4.69, 9.17) is 9.26 Å². The number of hydrogen-bond acceptors (Lipinski definition) is 6. The van der Waals surface area contributed by atoms with Gasteiger partial charge in [0.05, 0.1) is 18.4 Å². The van der Waals surface area contributed by atoms with Crippen molar-refractivity contribution in [1.29, 1.82) is 0 Å². The number of nitrogens with one attached hydrogen (secondary N) is 1. The number of hydrogen-bond donors (Lipinski definition) is 1. The molecule has 2 aromatic rings. The highest BCUT2D eigenvalue weighted by atomic mass is 32.1. The lowest BCUT2D eigenvalue weighted by Crippen LogP contribution is -2.15. The summed E-state index contributed by atoms with van der Waals surface area (Å²) < 4.78 is 9.99. The lowest BCUT2D eigenvalue weighted by atomic mass is 9.95. The average Bonchev–Trinajstić information content (AvgIpc) is 3.14. The first kappa shape index (κ1) is 14.8. The number of rotatable bonds is 4. The van der Waals surface area contributed by atoms with E-state index in [0.717, 1.165) is 36.1 Å². The molecule has 22 heavy (non-hydrogen) atoms. The second-order valence-corrected chi connectivity index (χ2v) is 6.07. The number of anilines is 1. The maximum Gasteiger partial charge on any atom is 0.341 e. The van der Waals surface area contributed by atoms with Crippen LogP contribution in [0.15, 0.2) is 16.8 Å². The van der Waals surface area contributed by atoms with Crippen LogP contribution in [0.3, 0.4) is 0 Å². The molecule has 0 atom stereocenters. The van der Waals surface area contributed by atoms with Gasteiger partial charge >= 0.3 is 5.97 Å². The van der Waals surface area contributed by atoms with Gasteiger partial charge in [0, 0.05) is 10.9 Å². The molecular formula is C15H16N2O4S. The van der Waals surface area contributed by atoms with Crippen LogP contribution >= 0.6 is 11.3 Å². The number of nitrogens with zero attached hydrogens (tertiary/aromatic N) is 1. The predicted molar refractivity (Wildman–Crippen MR) is 81.4 cm³/mol. The van der Waals surface area contributed by atoms with Gasteiger partial charge < -0.3 is 14.6 Å². The molecule has 116 valence electrons. The van der Waals surface area contributed by atoms with Crippen LogP contribution in [0.25, 0.3) is 0 Å². The molecule has 0 saturated carbocycles. The smallest absolute Gasteiger partial charge is 0.341 e.